The van der Waals surface area contributed by atoms with Gasteiger partial charge in [0.1, 0.15) is 11.3 Å². The van der Waals surface area contributed by atoms with E-state index < -0.39 is 19.8 Å². The molecule has 0 spiro atoms. The first-order valence-corrected chi connectivity index (χ1v) is 9.06. The fourth-order valence-corrected chi connectivity index (χ4v) is 7.29. The molecule has 6 heteroatoms. The van der Waals surface area contributed by atoms with Crippen LogP contribution in [0.4, 0.5) is 0 Å². The van der Waals surface area contributed by atoms with Crippen molar-refractivity contribution < 1.29 is 23.1 Å². The molecular formula is C14H26O5Si. The van der Waals surface area contributed by atoms with Crippen molar-refractivity contribution in [3.05, 3.63) is 12.7 Å². The molecule has 5 nitrogen and oxygen atoms in total. The normalized spacial score (nSPS) is 28.9. The summed E-state index contributed by atoms with van der Waals surface area (Å²) in [5.74, 6) is -0.426. The van der Waals surface area contributed by atoms with Gasteiger partial charge in [-0.25, -0.2) is 4.79 Å². The first-order chi connectivity index (χ1) is 9.55. The number of carbonyl (C=O) groups excluding carboxylic acids is 1. The van der Waals surface area contributed by atoms with E-state index in [1.54, 1.807) is 21.3 Å². The lowest BCUT2D eigenvalue weighted by atomic mass is 10.0. The maximum Gasteiger partial charge on any atom is 0.374 e. The van der Waals surface area contributed by atoms with Gasteiger partial charge < -0.3 is 18.3 Å². The van der Waals surface area contributed by atoms with Crippen LogP contribution in [0.5, 0.6) is 0 Å². The van der Waals surface area contributed by atoms with E-state index in [0.29, 0.717) is 0 Å². The van der Waals surface area contributed by atoms with E-state index in [9.17, 15) is 4.79 Å². The van der Waals surface area contributed by atoms with Gasteiger partial charge in [0.05, 0.1) is 0 Å². The van der Waals surface area contributed by atoms with Crippen LogP contribution in [0.1, 0.15) is 32.6 Å². The molecule has 1 rings (SSSR count). The number of methoxy groups -OCH3 is 1. The van der Waals surface area contributed by atoms with Gasteiger partial charge in [0, 0.05) is 27.4 Å². The second-order valence-corrected chi connectivity index (χ2v) is 8.70. The Hall–Kier alpha value is -0.693. The van der Waals surface area contributed by atoms with Crippen molar-refractivity contribution in [1.82, 2.24) is 0 Å². The zero-order valence-electron chi connectivity index (χ0n) is 12.9. The summed E-state index contributed by atoms with van der Waals surface area (Å²) in [5, 5.41) is -0.665. The van der Waals surface area contributed by atoms with Crippen LogP contribution in [0.15, 0.2) is 12.7 Å². The minimum Gasteiger partial charge on any atom is -0.456 e. The molecule has 1 saturated heterocycles. The molecule has 0 aliphatic carbocycles. The summed E-state index contributed by atoms with van der Waals surface area (Å²) in [6.07, 6.45) is 4.14. The van der Waals surface area contributed by atoms with Crippen molar-refractivity contribution in [1.29, 1.82) is 0 Å². The molecule has 0 aromatic rings. The Morgan fingerprint density at radius 1 is 1.40 bits per heavy atom. The molecule has 0 amide bonds. The number of hydrogen-bond acceptors (Lipinski definition) is 5. The van der Waals surface area contributed by atoms with E-state index in [4.69, 9.17) is 18.3 Å². The number of carbonyl (C=O) groups is 1. The molecular weight excluding hydrogens is 276 g/mol. The number of esters is 1. The molecule has 2 unspecified atom stereocenters. The van der Waals surface area contributed by atoms with Crippen molar-refractivity contribution in [2.24, 2.45) is 0 Å². The lowest BCUT2D eigenvalue weighted by molar-refractivity contribution is -0.162. The highest BCUT2D eigenvalue weighted by molar-refractivity contribution is 6.71. The largest absolute Gasteiger partial charge is 0.456 e. The lowest BCUT2D eigenvalue weighted by Crippen LogP contribution is -2.71. The smallest absolute Gasteiger partial charge is 0.374 e. The summed E-state index contributed by atoms with van der Waals surface area (Å²) < 4.78 is 23.0. The molecule has 20 heavy (non-hydrogen) atoms. The van der Waals surface area contributed by atoms with E-state index in [0.717, 1.165) is 31.7 Å². The fraction of sp³-hybridized carbons (Fsp3) is 0.786. The van der Waals surface area contributed by atoms with Crippen LogP contribution < -0.4 is 0 Å². The molecule has 0 N–H and O–H groups in total. The maximum atomic E-state index is 11.6. The highest BCUT2D eigenvalue weighted by Gasteiger charge is 2.64. The van der Waals surface area contributed by atoms with Gasteiger partial charge >= 0.3 is 14.5 Å². The SMILES string of the molecule is C=CC(=O)OC1CCC[Si](OC)(OC)C1(CCC)OC. The molecule has 0 radical (unpaired) electrons. The minimum atomic E-state index is -2.61. The number of ether oxygens (including phenoxy) is 2. The van der Waals surface area contributed by atoms with Gasteiger partial charge in [0.25, 0.3) is 0 Å². The fourth-order valence-electron chi connectivity index (χ4n) is 3.30. The first-order valence-electron chi connectivity index (χ1n) is 7.04. The van der Waals surface area contributed by atoms with Crippen molar-refractivity contribution in [2.75, 3.05) is 21.3 Å². The van der Waals surface area contributed by atoms with E-state index in [1.165, 1.54) is 6.08 Å². The van der Waals surface area contributed by atoms with Gasteiger partial charge in [-0.1, -0.05) is 19.9 Å². The van der Waals surface area contributed by atoms with Gasteiger partial charge in [-0.3, -0.25) is 0 Å². The zero-order valence-corrected chi connectivity index (χ0v) is 13.9. The van der Waals surface area contributed by atoms with Gasteiger partial charge in [-0.2, -0.15) is 0 Å². The van der Waals surface area contributed by atoms with Crippen LogP contribution in [0.3, 0.4) is 0 Å². The Labute approximate surface area is 122 Å². The highest BCUT2D eigenvalue weighted by Crippen LogP contribution is 2.44. The van der Waals surface area contributed by atoms with Crippen LogP contribution in [0.2, 0.25) is 6.04 Å². The molecule has 1 aliphatic rings. The predicted molar refractivity (Wildman–Crippen MR) is 78.5 cm³/mol. The maximum absolute atomic E-state index is 11.6. The summed E-state index contributed by atoms with van der Waals surface area (Å²) in [7, 11) is 2.37. The number of hydrogen-bond donors (Lipinski definition) is 0. The molecule has 0 bridgehead atoms. The van der Waals surface area contributed by atoms with Gasteiger partial charge in [-0.15, -0.1) is 0 Å². The van der Waals surface area contributed by atoms with E-state index in [2.05, 4.69) is 13.5 Å². The molecule has 0 saturated carbocycles. The van der Waals surface area contributed by atoms with Gasteiger partial charge in [-0.05, 0) is 25.3 Å². The molecule has 1 heterocycles. The van der Waals surface area contributed by atoms with Crippen LogP contribution in [-0.2, 0) is 23.1 Å². The van der Waals surface area contributed by atoms with Crippen LogP contribution in [0, 0.1) is 0 Å². The molecule has 2 atom stereocenters. The quantitative estimate of drug-likeness (QED) is 0.410. The van der Waals surface area contributed by atoms with Gasteiger partial charge in [0.15, 0.2) is 0 Å². The third-order valence-electron chi connectivity index (χ3n) is 4.21. The third-order valence-corrected chi connectivity index (χ3v) is 8.60. The first kappa shape index (κ1) is 17.4. The standard InChI is InChI=1S/C14H26O5Si/c1-6-10-14(16-3)12(19-13(15)7-2)9-8-11-20(14,17-4)18-5/h7,12H,2,6,8-11H2,1,3-5H3. The average Bonchev–Trinajstić information content (AvgIpc) is 2.48. The summed E-state index contributed by atoms with van der Waals surface area (Å²) in [4.78, 5) is 11.6. The highest BCUT2D eigenvalue weighted by atomic mass is 28.4. The summed E-state index contributed by atoms with van der Waals surface area (Å²) in [6.45, 7) is 5.53. The zero-order chi connectivity index (χ0) is 15.2. The van der Waals surface area contributed by atoms with Crippen molar-refractivity contribution in [3.8, 4) is 0 Å². The molecule has 0 aromatic heterocycles. The molecule has 1 fully saturated rings. The Kier molecular flexibility index (Phi) is 6.38. The Morgan fingerprint density at radius 2 is 2.05 bits per heavy atom. The lowest BCUT2D eigenvalue weighted by Gasteiger charge is -2.51. The van der Waals surface area contributed by atoms with E-state index in [-0.39, 0.29) is 6.10 Å². The molecule has 1 aliphatic heterocycles. The number of rotatable bonds is 7. The van der Waals surface area contributed by atoms with Crippen LogP contribution >= 0.6 is 0 Å². The Morgan fingerprint density at radius 3 is 2.50 bits per heavy atom. The van der Waals surface area contributed by atoms with Crippen molar-refractivity contribution in [3.63, 3.8) is 0 Å². The second-order valence-electron chi connectivity index (χ2n) is 5.03. The van der Waals surface area contributed by atoms with E-state index >= 15 is 0 Å². The Bertz CT molecular complexity index is 342. The van der Waals surface area contributed by atoms with Crippen LogP contribution in [-0.4, -0.2) is 47.2 Å². The summed E-state index contributed by atoms with van der Waals surface area (Å²) in [6, 6.07) is 0.843. The van der Waals surface area contributed by atoms with Gasteiger partial charge in [0.2, 0.25) is 0 Å². The second kappa shape index (κ2) is 7.35. The Balaban J connectivity index is 3.19. The van der Waals surface area contributed by atoms with Crippen LogP contribution in [0.25, 0.3) is 0 Å². The topological polar surface area (TPSA) is 54.0 Å². The minimum absolute atomic E-state index is 0.349. The summed E-state index contributed by atoms with van der Waals surface area (Å²) in [5.41, 5.74) is 0. The summed E-state index contributed by atoms with van der Waals surface area (Å²) >= 11 is 0. The monoisotopic (exact) mass is 302 g/mol. The molecule has 0 aromatic carbocycles. The third kappa shape index (κ3) is 2.83. The van der Waals surface area contributed by atoms with Crippen molar-refractivity contribution >= 4 is 14.5 Å². The van der Waals surface area contributed by atoms with Crippen molar-refractivity contribution in [2.45, 2.75) is 50.0 Å². The predicted octanol–water partition coefficient (Wildman–Crippen LogP) is 2.34. The molecule has 116 valence electrons. The van der Waals surface area contributed by atoms with E-state index in [1.807, 2.05) is 0 Å². The average molecular weight is 302 g/mol.